The Balaban J connectivity index is 1.65. The molecule has 0 saturated heterocycles. The van der Waals surface area contributed by atoms with Crippen molar-refractivity contribution in [2.24, 2.45) is 0 Å². The number of thiazole rings is 1. The number of nitrogens with one attached hydrogen (secondary N) is 1. The Hall–Kier alpha value is -1.83. The lowest BCUT2D eigenvalue weighted by Gasteiger charge is -2.07. The first kappa shape index (κ1) is 16.0. The summed E-state index contributed by atoms with van der Waals surface area (Å²) in [4.78, 5) is 18.1. The van der Waals surface area contributed by atoms with Gasteiger partial charge in [-0.15, -0.1) is 5.10 Å². The number of fused-ring (bicyclic) bond motifs is 1. The van der Waals surface area contributed by atoms with Crippen LogP contribution in [-0.4, -0.2) is 27.1 Å². The van der Waals surface area contributed by atoms with Crippen molar-refractivity contribution in [1.29, 1.82) is 0 Å². The highest BCUT2D eigenvalue weighted by Crippen LogP contribution is 2.27. The number of aryl methyl sites for hydroxylation is 2. The van der Waals surface area contributed by atoms with E-state index >= 15 is 0 Å². The van der Waals surface area contributed by atoms with Gasteiger partial charge in [0.15, 0.2) is 6.61 Å². The fraction of sp³-hybridized carbons (Fsp3) is 0.214. The summed E-state index contributed by atoms with van der Waals surface area (Å²) in [6.45, 7) is 3.73. The molecule has 0 spiro atoms. The molecule has 9 heteroatoms. The van der Waals surface area contributed by atoms with Crippen LogP contribution in [-0.2, 0) is 4.79 Å². The van der Waals surface area contributed by atoms with E-state index in [4.69, 9.17) is 27.9 Å². The van der Waals surface area contributed by atoms with Gasteiger partial charge >= 0.3 is 0 Å². The summed E-state index contributed by atoms with van der Waals surface area (Å²) < 4.78 is 7.06. The molecule has 2 heterocycles. The second-order valence-corrected chi connectivity index (χ2v) is 6.81. The van der Waals surface area contributed by atoms with Crippen molar-refractivity contribution in [1.82, 2.24) is 14.6 Å². The molecule has 0 atom stereocenters. The van der Waals surface area contributed by atoms with E-state index in [0.29, 0.717) is 15.8 Å². The molecule has 0 aliphatic carbocycles. The summed E-state index contributed by atoms with van der Waals surface area (Å²) in [7, 11) is 0. The summed E-state index contributed by atoms with van der Waals surface area (Å²) in [6, 6.07) is 4.80. The van der Waals surface area contributed by atoms with E-state index in [-0.39, 0.29) is 18.5 Å². The molecule has 1 amide bonds. The van der Waals surface area contributed by atoms with Crippen LogP contribution in [0.1, 0.15) is 10.6 Å². The molecule has 3 rings (SSSR count). The maximum Gasteiger partial charge on any atom is 0.264 e. The maximum atomic E-state index is 11.9. The number of ether oxygens (including phenoxy) is 1. The largest absolute Gasteiger partial charge is 0.482 e. The summed E-state index contributed by atoms with van der Waals surface area (Å²) in [6.07, 6.45) is 0. The molecule has 0 fully saturated rings. The average Bonchev–Trinajstić information content (AvgIpc) is 3.00. The molecule has 23 heavy (non-hydrogen) atoms. The van der Waals surface area contributed by atoms with Crippen LogP contribution in [0.2, 0.25) is 10.0 Å². The Labute approximate surface area is 146 Å². The third-order valence-electron chi connectivity index (χ3n) is 3.15. The topological polar surface area (TPSA) is 68.5 Å². The van der Waals surface area contributed by atoms with Gasteiger partial charge in [-0.1, -0.05) is 34.5 Å². The van der Waals surface area contributed by atoms with E-state index in [1.165, 1.54) is 11.3 Å². The molecule has 1 N–H and O–H groups in total. The molecule has 0 aliphatic heterocycles. The van der Waals surface area contributed by atoms with Crippen molar-refractivity contribution in [2.75, 3.05) is 11.9 Å². The summed E-state index contributed by atoms with van der Waals surface area (Å²) in [5.74, 6) is 0.207. The number of hydrogen-bond donors (Lipinski definition) is 1. The molecule has 6 nitrogen and oxygen atoms in total. The number of aromatic nitrogens is 3. The van der Waals surface area contributed by atoms with Gasteiger partial charge < -0.3 is 4.74 Å². The molecule has 3 aromatic rings. The van der Waals surface area contributed by atoms with Gasteiger partial charge in [0.2, 0.25) is 4.96 Å². The smallest absolute Gasteiger partial charge is 0.264 e. The zero-order valence-electron chi connectivity index (χ0n) is 12.3. The Morgan fingerprint density at radius 1 is 1.39 bits per heavy atom. The van der Waals surface area contributed by atoms with Crippen LogP contribution in [0.4, 0.5) is 5.95 Å². The SMILES string of the molecule is Cc1sc2nc(NC(=O)COc3cc(Cl)ccc3Cl)nn2c1C. The van der Waals surface area contributed by atoms with Crippen molar-refractivity contribution in [3.63, 3.8) is 0 Å². The predicted octanol–water partition coefficient (Wildman–Crippen LogP) is 3.73. The van der Waals surface area contributed by atoms with E-state index < -0.39 is 0 Å². The molecule has 0 saturated carbocycles. The molecule has 1 aromatic carbocycles. The van der Waals surface area contributed by atoms with Gasteiger partial charge in [-0.25, -0.2) is 4.52 Å². The zero-order chi connectivity index (χ0) is 16.6. The van der Waals surface area contributed by atoms with Crippen LogP contribution < -0.4 is 10.1 Å². The minimum atomic E-state index is -0.381. The quantitative estimate of drug-likeness (QED) is 0.759. The number of anilines is 1. The van der Waals surface area contributed by atoms with Crippen LogP contribution in [0.15, 0.2) is 18.2 Å². The molecule has 120 valence electrons. The molecule has 0 aliphatic rings. The third-order valence-corrected chi connectivity index (χ3v) is 4.75. The highest BCUT2D eigenvalue weighted by atomic mass is 35.5. The lowest BCUT2D eigenvalue weighted by molar-refractivity contribution is -0.118. The Morgan fingerprint density at radius 3 is 2.91 bits per heavy atom. The number of carbonyl (C=O) groups excluding carboxylic acids is 1. The van der Waals surface area contributed by atoms with E-state index in [0.717, 1.165) is 15.5 Å². The van der Waals surface area contributed by atoms with E-state index in [9.17, 15) is 4.79 Å². The Kier molecular flexibility index (Phi) is 4.43. The molecule has 2 aromatic heterocycles. The van der Waals surface area contributed by atoms with Crippen LogP contribution >= 0.6 is 34.5 Å². The summed E-state index contributed by atoms with van der Waals surface area (Å²) >= 11 is 13.3. The summed E-state index contributed by atoms with van der Waals surface area (Å²) in [5.41, 5.74) is 1.000. The highest BCUT2D eigenvalue weighted by molar-refractivity contribution is 7.17. The molecular weight excluding hydrogens is 359 g/mol. The number of hydrogen-bond acceptors (Lipinski definition) is 5. The van der Waals surface area contributed by atoms with Crippen molar-refractivity contribution in [3.8, 4) is 5.75 Å². The average molecular weight is 371 g/mol. The fourth-order valence-electron chi connectivity index (χ4n) is 1.89. The van der Waals surface area contributed by atoms with Crippen LogP contribution in [0.25, 0.3) is 4.96 Å². The number of halogens is 2. The van der Waals surface area contributed by atoms with Crippen LogP contribution in [0.3, 0.4) is 0 Å². The van der Waals surface area contributed by atoms with Gasteiger partial charge in [0.25, 0.3) is 11.9 Å². The van der Waals surface area contributed by atoms with Gasteiger partial charge in [-0.2, -0.15) is 4.98 Å². The van der Waals surface area contributed by atoms with Gasteiger partial charge in [0, 0.05) is 16.0 Å². The maximum absolute atomic E-state index is 11.9. The van der Waals surface area contributed by atoms with Crippen molar-refractivity contribution in [2.45, 2.75) is 13.8 Å². The minimum absolute atomic E-state index is 0.217. The van der Waals surface area contributed by atoms with Gasteiger partial charge in [-0.3, -0.25) is 10.1 Å². The molecule has 0 radical (unpaired) electrons. The third kappa shape index (κ3) is 3.41. The number of nitrogens with zero attached hydrogens (tertiary/aromatic N) is 3. The van der Waals surface area contributed by atoms with Crippen LogP contribution in [0.5, 0.6) is 5.75 Å². The van der Waals surface area contributed by atoms with E-state index in [2.05, 4.69) is 15.4 Å². The van der Waals surface area contributed by atoms with Gasteiger partial charge in [0.05, 0.1) is 10.7 Å². The van der Waals surface area contributed by atoms with Crippen molar-refractivity contribution in [3.05, 3.63) is 38.8 Å². The number of rotatable bonds is 4. The normalized spacial score (nSPS) is 11.0. The van der Waals surface area contributed by atoms with Crippen molar-refractivity contribution < 1.29 is 9.53 Å². The molecule has 0 unspecified atom stereocenters. The second-order valence-electron chi connectivity index (χ2n) is 4.79. The van der Waals surface area contributed by atoms with E-state index in [1.54, 1.807) is 22.7 Å². The first-order chi connectivity index (χ1) is 10.9. The first-order valence-corrected chi connectivity index (χ1v) is 8.22. The lowest BCUT2D eigenvalue weighted by atomic mass is 10.3. The molecule has 0 bridgehead atoms. The summed E-state index contributed by atoms with van der Waals surface area (Å²) in [5, 5.41) is 7.69. The van der Waals surface area contributed by atoms with Crippen LogP contribution in [0, 0.1) is 13.8 Å². The highest BCUT2D eigenvalue weighted by Gasteiger charge is 2.13. The first-order valence-electron chi connectivity index (χ1n) is 6.64. The van der Waals surface area contributed by atoms with Gasteiger partial charge in [-0.05, 0) is 26.0 Å². The molecular formula is C14H12Cl2N4O2S. The van der Waals surface area contributed by atoms with Crippen molar-refractivity contribution >= 4 is 51.4 Å². The Morgan fingerprint density at radius 2 is 2.17 bits per heavy atom. The Bertz CT molecular complexity index is 890. The fourth-order valence-corrected chi connectivity index (χ4v) is 3.13. The lowest BCUT2D eigenvalue weighted by Crippen LogP contribution is -2.21. The monoisotopic (exact) mass is 370 g/mol. The number of carbonyl (C=O) groups is 1. The van der Waals surface area contributed by atoms with E-state index in [1.807, 2.05) is 13.8 Å². The standard InChI is InChI=1S/C14H12Cl2N4O2S/c1-7-8(2)23-14-18-13(19-20(7)14)17-12(21)6-22-11-5-9(15)3-4-10(11)16/h3-5H,6H2,1-2H3,(H,17,19,21). The van der Waals surface area contributed by atoms with Gasteiger partial charge in [0.1, 0.15) is 5.75 Å². The minimum Gasteiger partial charge on any atom is -0.482 e. The predicted molar refractivity (Wildman–Crippen MR) is 90.9 cm³/mol. The number of benzene rings is 1. The number of amides is 1. The second kappa shape index (κ2) is 6.35. The zero-order valence-corrected chi connectivity index (χ0v) is 14.6.